The van der Waals surface area contributed by atoms with Gasteiger partial charge in [0.25, 0.3) is 0 Å². The number of hydrogen-bond donors (Lipinski definition) is 3. The first-order valence-corrected chi connectivity index (χ1v) is 6.73. The third-order valence-corrected chi connectivity index (χ3v) is 2.85. The lowest BCUT2D eigenvalue weighted by Crippen LogP contribution is -2.31. The fraction of sp³-hybridized carbons (Fsp3) is 0.467. The molecule has 116 valence electrons. The van der Waals surface area contributed by atoms with Crippen LogP contribution in [-0.2, 0) is 4.79 Å². The second-order valence-electron chi connectivity index (χ2n) is 6.34. The Hall–Kier alpha value is -1.95. The highest BCUT2D eigenvalue weighted by Crippen LogP contribution is 2.22. The van der Waals surface area contributed by atoms with Crippen molar-refractivity contribution in [1.82, 2.24) is 0 Å². The van der Waals surface area contributed by atoms with Crippen LogP contribution in [0.1, 0.15) is 44.0 Å². The molecule has 0 aliphatic rings. The molecule has 1 aromatic carbocycles. The maximum absolute atomic E-state index is 13.6. The molecule has 0 radical (unpaired) electrons. The number of nitrogens with one attached hydrogen (secondary N) is 1. The van der Waals surface area contributed by atoms with E-state index >= 15 is 0 Å². The van der Waals surface area contributed by atoms with Gasteiger partial charge in [0.15, 0.2) is 0 Å². The largest absolute Gasteiger partial charge is 0.366 e. The molecule has 1 aromatic rings. The van der Waals surface area contributed by atoms with Crippen LogP contribution in [-0.4, -0.2) is 17.9 Å². The van der Waals surface area contributed by atoms with E-state index in [2.05, 4.69) is 5.32 Å². The summed E-state index contributed by atoms with van der Waals surface area (Å²) in [4.78, 5) is 22.9. The number of amides is 2. The number of benzene rings is 1. The van der Waals surface area contributed by atoms with Crippen molar-refractivity contribution in [2.24, 2.45) is 16.9 Å². The van der Waals surface area contributed by atoms with E-state index in [0.717, 1.165) is 6.07 Å². The SMILES string of the molecule is CC(C)(C)CC(N)CC(=O)Nc1cc(C(N)=O)ccc1F. The van der Waals surface area contributed by atoms with Gasteiger partial charge in [-0.05, 0) is 30.0 Å². The number of rotatable bonds is 5. The zero-order valence-electron chi connectivity index (χ0n) is 12.6. The molecule has 21 heavy (non-hydrogen) atoms. The first kappa shape index (κ1) is 17.1. The van der Waals surface area contributed by atoms with Gasteiger partial charge in [-0.3, -0.25) is 9.59 Å². The number of carbonyl (C=O) groups is 2. The molecule has 0 bridgehead atoms. The fourth-order valence-corrected chi connectivity index (χ4v) is 2.07. The van der Waals surface area contributed by atoms with Crippen LogP contribution in [0.4, 0.5) is 10.1 Å². The van der Waals surface area contributed by atoms with E-state index in [-0.39, 0.29) is 29.1 Å². The van der Waals surface area contributed by atoms with E-state index in [1.807, 2.05) is 20.8 Å². The molecular formula is C15H22FN3O2. The molecule has 1 unspecified atom stereocenters. The summed E-state index contributed by atoms with van der Waals surface area (Å²) in [7, 11) is 0. The summed E-state index contributed by atoms with van der Waals surface area (Å²) < 4.78 is 13.6. The summed E-state index contributed by atoms with van der Waals surface area (Å²) in [6.07, 6.45) is 0.752. The molecule has 1 rings (SSSR count). The molecule has 0 heterocycles. The van der Waals surface area contributed by atoms with Crippen LogP contribution in [0, 0.1) is 11.2 Å². The van der Waals surface area contributed by atoms with Crippen LogP contribution in [0.3, 0.4) is 0 Å². The Labute approximate surface area is 123 Å². The Bertz CT molecular complexity index is 538. The molecule has 1 atom stereocenters. The number of hydrogen-bond acceptors (Lipinski definition) is 3. The van der Waals surface area contributed by atoms with Crippen molar-refractivity contribution < 1.29 is 14.0 Å². The molecule has 2 amide bonds. The Morgan fingerprint density at radius 2 is 1.95 bits per heavy atom. The number of primary amides is 1. The second kappa shape index (κ2) is 6.67. The smallest absolute Gasteiger partial charge is 0.248 e. The first-order chi connectivity index (χ1) is 9.58. The van der Waals surface area contributed by atoms with Crippen LogP contribution < -0.4 is 16.8 Å². The highest BCUT2D eigenvalue weighted by atomic mass is 19.1. The quantitative estimate of drug-likeness (QED) is 0.775. The molecule has 5 nitrogen and oxygen atoms in total. The number of halogens is 1. The van der Waals surface area contributed by atoms with E-state index in [0.29, 0.717) is 6.42 Å². The van der Waals surface area contributed by atoms with Crippen LogP contribution in [0.2, 0.25) is 0 Å². The lowest BCUT2D eigenvalue weighted by molar-refractivity contribution is -0.116. The average Bonchev–Trinajstić information content (AvgIpc) is 2.28. The minimum absolute atomic E-state index is 0.0107. The van der Waals surface area contributed by atoms with Gasteiger partial charge in [0.05, 0.1) is 5.69 Å². The molecule has 0 saturated heterocycles. The zero-order chi connectivity index (χ0) is 16.2. The van der Waals surface area contributed by atoms with Gasteiger partial charge in [0, 0.05) is 18.0 Å². The van der Waals surface area contributed by atoms with Gasteiger partial charge in [-0.2, -0.15) is 0 Å². The van der Waals surface area contributed by atoms with Gasteiger partial charge in [-0.25, -0.2) is 4.39 Å². The monoisotopic (exact) mass is 295 g/mol. The maximum Gasteiger partial charge on any atom is 0.248 e. The van der Waals surface area contributed by atoms with Crippen LogP contribution in [0.15, 0.2) is 18.2 Å². The van der Waals surface area contributed by atoms with Crippen molar-refractivity contribution in [1.29, 1.82) is 0 Å². The molecule has 0 aliphatic carbocycles. The van der Waals surface area contributed by atoms with Gasteiger partial charge in [-0.1, -0.05) is 20.8 Å². The molecule has 0 aromatic heterocycles. The third kappa shape index (κ3) is 5.91. The number of nitrogens with two attached hydrogens (primary N) is 2. The zero-order valence-corrected chi connectivity index (χ0v) is 12.6. The predicted molar refractivity (Wildman–Crippen MR) is 80.2 cm³/mol. The van der Waals surface area contributed by atoms with Crippen molar-refractivity contribution >= 4 is 17.5 Å². The fourth-order valence-electron chi connectivity index (χ4n) is 2.07. The van der Waals surface area contributed by atoms with Crippen molar-refractivity contribution in [3.05, 3.63) is 29.6 Å². The van der Waals surface area contributed by atoms with Crippen molar-refractivity contribution in [3.63, 3.8) is 0 Å². The minimum atomic E-state index is -0.685. The van der Waals surface area contributed by atoms with Crippen molar-refractivity contribution in [3.8, 4) is 0 Å². The highest BCUT2D eigenvalue weighted by molar-refractivity contribution is 5.96. The normalized spacial score (nSPS) is 12.8. The lowest BCUT2D eigenvalue weighted by atomic mass is 9.87. The molecule has 5 N–H and O–H groups in total. The third-order valence-electron chi connectivity index (χ3n) is 2.85. The minimum Gasteiger partial charge on any atom is -0.366 e. The van der Waals surface area contributed by atoms with E-state index in [9.17, 15) is 14.0 Å². The summed E-state index contributed by atoms with van der Waals surface area (Å²) in [6, 6.07) is 3.25. The Morgan fingerprint density at radius 1 is 1.33 bits per heavy atom. The summed E-state index contributed by atoms with van der Waals surface area (Å²) >= 11 is 0. The number of carbonyl (C=O) groups excluding carboxylic acids is 2. The summed E-state index contributed by atoms with van der Waals surface area (Å²) in [5.74, 6) is -1.71. The standard InChI is InChI=1S/C15H22FN3O2/c1-15(2,3)8-10(17)7-13(20)19-12-6-9(14(18)21)4-5-11(12)16/h4-6,10H,7-8,17H2,1-3H3,(H2,18,21)(H,19,20). The van der Waals surface area contributed by atoms with E-state index < -0.39 is 17.6 Å². The van der Waals surface area contributed by atoms with Crippen LogP contribution in [0.25, 0.3) is 0 Å². The van der Waals surface area contributed by atoms with E-state index in [4.69, 9.17) is 11.5 Å². The van der Waals surface area contributed by atoms with Gasteiger partial charge in [-0.15, -0.1) is 0 Å². The topological polar surface area (TPSA) is 98.2 Å². The van der Waals surface area contributed by atoms with Crippen LogP contribution >= 0.6 is 0 Å². The molecule has 0 fully saturated rings. The molecule has 0 aliphatic heterocycles. The Kier molecular flexibility index (Phi) is 5.43. The van der Waals surface area contributed by atoms with Gasteiger partial charge in [0.1, 0.15) is 5.82 Å². The van der Waals surface area contributed by atoms with E-state index in [1.54, 1.807) is 0 Å². The Balaban J connectivity index is 2.71. The summed E-state index contributed by atoms with van der Waals surface area (Å²) in [5.41, 5.74) is 11.1. The number of anilines is 1. The molecule has 0 saturated carbocycles. The second-order valence-corrected chi connectivity index (χ2v) is 6.34. The van der Waals surface area contributed by atoms with Crippen molar-refractivity contribution in [2.45, 2.75) is 39.7 Å². The van der Waals surface area contributed by atoms with Gasteiger partial charge >= 0.3 is 0 Å². The lowest BCUT2D eigenvalue weighted by Gasteiger charge is -2.22. The highest BCUT2D eigenvalue weighted by Gasteiger charge is 2.19. The Morgan fingerprint density at radius 3 is 2.48 bits per heavy atom. The first-order valence-electron chi connectivity index (χ1n) is 6.73. The maximum atomic E-state index is 13.6. The van der Waals surface area contributed by atoms with E-state index in [1.165, 1.54) is 12.1 Å². The van der Waals surface area contributed by atoms with Crippen LogP contribution in [0.5, 0.6) is 0 Å². The molecule has 0 spiro atoms. The van der Waals surface area contributed by atoms with Gasteiger partial charge in [0.2, 0.25) is 11.8 Å². The average molecular weight is 295 g/mol. The summed E-state index contributed by atoms with van der Waals surface area (Å²) in [6.45, 7) is 6.09. The molecule has 6 heteroatoms. The molecular weight excluding hydrogens is 273 g/mol. The predicted octanol–water partition coefficient (Wildman–Crippen LogP) is 2.02. The van der Waals surface area contributed by atoms with Crippen molar-refractivity contribution in [2.75, 3.05) is 5.32 Å². The summed E-state index contributed by atoms with van der Waals surface area (Å²) in [5, 5.41) is 2.42. The van der Waals surface area contributed by atoms with Gasteiger partial charge < -0.3 is 16.8 Å².